The molecule has 1 aromatic carbocycles. The first-order valence-electron chi connectivity index (χ1n) is 8.70. The summed E-state index contributed by atoms with van der Waals surface area (Å²) in [4.78, 5) is 11.7. The predicted molar refractivity (Wildman–Crippen MR) is 104 cm³/mol. The first-order chi connectivity index (χ1) is 13.2. The summed E-state index contributed by atoms with van der Waals surface area (Å²) in [5.74, 6) is -0.130. The lowest BCUT2D eigenvalue weighted by molar-refractivity contribution is -0.141. The monoisotopic (exact) mass is 431 g/mol. The summed E-state index contributed by atoms with van der Waals surface area (Å²) in [6.45, 7) is 0.404. The molecular formula is C18H18Cl2F3N5. The molecule has 0 aliphatic heterocycles. The highest BCUT2D eigenvalue weighted by Crippen LogP contribution is 2.33. The van der Waals surface area contributed by atoms with E-state index in [4.69, 9.17) is 28.9 Å². The molecule has 1 fully saturated rings. The minimum Gasteiger partial charge on any atom is -0.383 e. The molecule has 0 atom stereocenters. The molecule has 150 valence electrons. The molecule has 0 amide bonds. The van der Waals surface area contributed by atoms with E-state index in [2.05, 4.69) is 20.3 Å². The Balaban J connectivity index is 1.89. The van der Waals surface area contributed by atoms with Crippen molar-refractivity contribution in [3.8, 4) is 0 Å². The average Bonchev–Trinajstić information content (AvgIpc) is 3.15. The number of halogens is 5. The molecule has 10 heteroatoms. The van der Waals surface area contributed by atoms with Gasteiger partial charge in [-0.2, -0.15) is 13.2 Å². The third-order valence-corrected chi connectivity index (χ3v) is 5.07. The SMILES string of the molecule is NC(=NCC1CCCC1)c1cnc(Nc2cc(Cl)ccc2Cl)nc1C(F)(F)F. The number of nitrogens with zero attached hydrogens (tertiary/aromatic N) is 3. The maximum atomic E-state index is 13.5. The molecule has 5 nitrogen and oxygen atoms in total. The molecule has 2 aromatic rings. The number of rotatable bonds is 5. The first-order valence-corrected chi connectivity index (χ1v) is 9.46. The Kier molecular flexibility index (Phi) is 6.30. The van der Waals surface area contributed by atoms with Crippen LogP contribution < -0.4 is 11.1 Å². The van der Waals surface area contributed by atoms with Crippen LogP contribution in [0.25, 0.3) is 0 Å². The van der Waals surface area contributed by atoms with Gasteiger partial charge in [-0.25, -0.2) is 9.97 Å². The van der Waals surface area contributed by atoms with E-state index in [1.807, 2.05) is 0 Å². The van der Waals surface area contributed by atoms with Gasteiger partial charge in [-0.05, 0) is 37.0 Å². The second-order valence-electron chi connectivity index (χ2n) is 6.58. The minimum absolute atomic E-state index is 0.216. The summed E-state index contributed by atoms with van der Waals surface area (Å²) in [6, 6.07) is 4.53. The van der Waals surface area contributed by atoms with Gasteiger partial charge in [0.25, 0.3) is 0 Å². The fraction of sp³-hybridized carbons (Fsp3) is 0.389. The third-order valence-electron chi connectivity index (χ3n) is 4.50. The summed E-state index contributed by atoms with van der Waals surface area (Å²) in [7, 11) is 0. The standard InChI is InChI=1S/C18H18Cl2F3N5/c19-11-5-6-13(20)14(7-11)27-17-26-9-12(15(28-17)18(21,22)23)16(24)25-8-10-3-1-2-4-10/h5-7,9-10H,1-4,8H2,(H2,24,25)(H,26,27,28). The predicted octanol–water partition coefficient (Wildman–Crippen LogP) is 5.44. The molecular weight excluding hydrogens is 414 g/mol. The van der Waals surface area contributed by atoms with Crippen LogP contribution >= 0.6 is 23.2 Å². The van der Waals surface area contributed by atoms with Crippen molar-refractivity contribution in [3.05, 3.63) is 45.7 Å². The van der Waals surface area contributed by atoms with Crippen molar-refractivity contribution in [1.29, 1.82) is 0 Å². The van der Waals surface area contributed by atoms with Crippen LogP contribution in [-0.2, 0) is 6.18 Å². The number of aliphatic imine (C=N–C) groups is 1. The largest absolute Gasteiger partial charge is 0.434 e. The van der Waals surface area contributed by atoms with Gasteiger partial charge in [0.1, 0.15) is 5.84 Å². The number of nitrogens with one attached hydrogen (secondary N) is 1. The minimum atomic E-state index is -4.72. The molecule has 0 spiro atoms. The van der Waals surface area contributed by atoms with Crippen LogP contribution in [0.15, 0.2) is 29.4 Å². The molecule has 28 heavy (non-hydrogen) atoms. The Morgan fingerprint density at radius 3 is 2.64 bits per heavy atom. The fourth-order valence-corrected chi connectivity index (χ4v) is 3.40. The van der Waals surface area contributed by atoms with Crippen LogP contribution in [0.4, 0.5) is 24.8 Å². The zero-order valence-corrected chi connectivity index (χ0v) is 16.2. The molecule has 0 bridgehead atoms. The highest BCUT2D eigenvalue weighted by molar-refractivity contribution is 6.35. The normalized spacial score (nSPS) is 15.8. The lowest BCUT2D eigenvalue weighted by Gasteiger charge is -2.14. The van der Waals surface area contributed by atoms with E-state index in [0.717, 1.165) is 31.9 Å². The molecule has 0 saturated heterocycles. The quantitative estimate of drug-likeness (QED) is 0.487. The first kappa shape index (κ1) is 20.7. The van der Waals surface area contributed by atoms with Gasteiger partial charge in [-0.1, -0.05) is 36.0 Å². The van der Waals surface area contributed by atoms with Gasteiger partial charge < -0.3 is 11.1 Å². The van der Waals surface area contributed by atoms with Crippen molar-refractivity contribution in [1.82, 2.24) is 9.97 Å². The summed E-state index contributed by atoms with van der Waals surface area (Å²) in [6.07, 6.45) is 0.558. The highest BCUT2D eigenvalue weighted by Gasteiger charge is 2.37. The third kappa shape index (κ3) is 5.05. The van der Waals surface area contributed by atoms with Gasteiger partial charge in [0.15, 0.2) is 5.69 Å². The van der Waals surface area contributed by atoms with Gasteiger partial charge >= 0.3 is 6.18 Å². The molecule has 0 unspecified atom stereocenters. The van der Waals surface area contributed by atoms with E-state index in [1.165, 1.54) is 12.1 Å². The van der Waals surface area contributed by atoms with Gasteiger partial charge in [-0.15, -0.1) is 0 Å². The zero-order chi connectivity index (χ0) is 20.3. The van der Waals surface area contributed by atoms with Crippen LogP contribution in [-0.4, -0.2) is 22.3 Å². The lowest BCUT2D eigenvalue weighted by Crippen LogP contribution is -2.23. The number of hydrogen-bond acceptors (Lipinski definition) is 4. The molecule has 0 radical (unpaired) electrons. The van der Waals surface area contributed by atoms with Crippen LogP contribution in [0.3, 0.4) is 0 Å². The molecule has 1 heterocycles. The number of anilines is 2. The Bertz CT molecular complexity index is 880. The lowest BCUT2D eigenvalue weighted by atomic mass is 10.1. The number of hydrogen-bond donors (Lipinski definition) is 2. The van der Waals surface area contributed by atoms with E-state index < -0.39 is 11.9 Å². The Morgan fingerprint density at radius 2 is 1.96 bits per heavy atom. The number of amidine groups is 1. The van der Waals surface area contributed by atoms with Crippen molar-refractivity contribution in [2.45, 2.75) is 31.9 Å². The van der Waals surface area contributed by atoms with Crippen LogP contribution in [0.2, 0.25) is 10.0 Å². The van der Waals surface area contributed by atoms with E-state index in [1.54, 1.807) is 6.07 Å². The molecule has 3 N–H and O–H groups in total. The van der Waals surface area contributed by atoms with E-state index >= 15 is 0 Å². The molecule has 3 rings (SSSR count). The maximum Gasteiger partial charge on any atom is 0.434 e. The van der Waals surface area contributed by atoms with Gasteiger partial charge in [0.05, 0.1) is 16.3 Å². The Morgan fingerprint density at radius 1 is 1.25 bits per heavy atom. The average molecular weight is 432 g/mol. The second kappa shape index (κ2) is 8.53. The molecule has 1 aliphatic rings. The van der Waals surface area contributed by atoms with Crippen molar-refractivity contribution in [2.75, 3.05) is 11.9 Å². The van der Waals surface area contributed by atoms with Crippen LogP contribution in [0.5, 0.6) is 0 Å². The zero-order valence-electron chi connectivity index (χ0n) is 14.7. The van der Waals surface area contributed by atoms with Crippen molar-refractivity contribution >= 4 is 40.7 Å². The van der Waals surface area contributed by atoms with Gasteiger partial charge in [0, 0.05) is 17.8 Å². The second-order valence-corrected chi connectivity index (χ2v) is 7.42. The maximum absolute atomic E-state index is 13.5. The van der Waals surface area contributed by atoms with E-state index in [9.17, 15) is 13.2 Å². The topological polar surface area (TPSA) is 76.2 Å². The Labute approximate surface area is 170 Å². The van der Waals surface area contributed by atoms with Gasteiger partial charge in [0.2, 0.25) is 5.95 Å². The Hall–Kier alpha value is -2.06. The van der Waals surface area contributed by atoms with Crippen LogP contribution in [0, 0.1) is 5.92 Å². The van der Waals surface area contributed by atoms with E-state index in [-0.39, 0.29) is 28.1 Å². The fourth-order valence-electron chi connectivity index (χ4n) is 3.06. The summed E-state index contributed by atoms with van der Waals surface area (Å²) < 4.78 is 40.6. The smallest absolute Gasteiger partial charge is 0.383 e. The summed E-state index contributed by atoms with van der Waals surface area (Å²) >= 11 is 11.9. The number of aromatic nitrogens is 2. The molecule has 1 saturated carbocycles. The van der Waals surface area contributed by atoms with Crippen LogP contribution in [0.1, 0.15) is 36.9 Å². The van der Waals surface area contributed by atoms with Crippen molar-refractivity contribution in [2.24, 2.45) is 16.6 Å². The van der Waals surface area contributed by atoms with Gasteiger partial charge in [-0.3, -0.25) is 4.99 Å². The van der Waals surface area contributed by atoms with E-state index in [0.29, 0.717) is 17.5 Å². The number of nitrogens with two attached hydrogens (primary N) is 1. The highest BCUT2D eigenvalue weighted by atomic mass is 35.5. The summed E-state index contributed by atoms with van der Waals surface area (Å²) in [5.41, 5.74) is 4.62. The summed E-state index contributed by atoms with van der Waals surface area (Å²) in [5, 5.41) is 3.28. The molecule has 1 aliphatic carbocycles. The molecule has 1 aromatic heterocycles. The van der Waals surface area contributed by atoms with Crippen molar-refractivity contribution in [3.63, 3.8) is 0 Å². The number of benzene rings is 1. The van der Waals surface area contributed by atoms with Crippen molar-refractivity contribution < 1.29 is 13.2 Å². The number of alkyl halides is 3.